The summed E-state index contributed by atoms with van der Waals surface area (Å²) < 4.78 is 16.8. The van der Waals surface area contributed by atoms with Crippen LogP contribution >= 0.6 is 0 Å². The fraction of sp³-hybridized carbons (Fsp3) is 1.00. The Morgan fingerprint density at radius 2 is 2.31 bits per heavy atom. The third-order valence-corrected chi connectivity index (χ3v) is 3.30. The summed E-state index contributed by atoms with van der Waals surface area (Å²) in [4.78, 5) is 4.86. The molecule has 89 valence electrons. The Balaban J connectivity index is 2.23. The summed E-state index contributed by atoms with van der Waals surface area (Å²) in [6.45, 7) is 1.84. The molecule has 0 aromatic heterocycles. The van der Waals surface area contributed by atoms with Gasteiger partial charge in [-0.25, -0.2) is 0 Å². The van der Waals surface area contributed by atoms with Crippen LogP contribution in [0, 0.1) is 0 Å². The van der Waals surface area contributed by atoms with Gasteiger partial charge in [-0.3, -0.25) is 0 Å². The fourth-order valence-electron chi connectivity index (χ4n) is 2.63. The van der Waals surface area contributed by atoms with Crippen molar-refractivity contribution in [3.63, 3.8) is 0 Å². The van der Waals surface area contributed by atoms with Gasteiger partial charge in [-0.05, 0) is 0 Å². The molecule has 1 radical (unpaired) electrons. The van der Waals surface area contributed by atoms with Crippen molar-refractivity contribution >= 4 is 7.64 Å². The summed E-state index contributed by atoms with van der Waals surface area (Å²) in [5.74, 6) is 0. The average molecular weight is 228 g/mol. The predicted molar refractivity (Wildman–Crippen MR) is 54.0 cm³/mol. The van der Waals surface area contributed by atoms with Gasteiger partial charge in [0.15, 0.2) is 0 Å². The van der Waals surface area contributed by atoms with Crippen LogP contribution in [0.3, 0.4) is 0 Å². The van der Waals surface area contributed by atoms with Crippen LogP contribution in [0.4, 0.5) is 0 Å². The fourth-order valence-corrected chi connectivity index (χ4v) is 2.63. The average Bonchev–Trinajstić information content (AvgIpc) is 2.73. The van der Waals surface area contributed by atoms with Crippen LogP contribution < -0.4 is 0 Å². The molecule has 5 atom stereocenters. The monoisotopic (exact) mass is 228 g/mol. The molecule has 7 heteroatoms. The van der Waals surface area contributed by atoms with Gasteiger partial charge >= 0.3 is 94.1 Å². The van der Waals surface area contributed by atoms with Crippen molar-refractivity contribution in [2.75, 3.05) is 20.3 Å². The first kappa shape index (κ1) is 12.0. The topological polar surface area (TPSA) is 69.5 Å². The van der Waals surface area contributed by atoms with E-state index < -0.39 is 11.7 Å². The van der Waals surface area contributed by atoms with E-state index in [2.05, 4.69) is 5.06 Å². The first-order valence-electron chi connectivity index (χ1n) is 5.18. The number of aliphatic hydroxyl groups excluding tert-OH is 1. The van der Waals surface area contributed by atoms with E-state index in [9.17, 15) is 5.11 Å². The van der Waals surface area contributed by atoms with E-state index in [-0.39, 0.29) is 31.5 Å². The van der Waals surface area contributed by atoms with Crippen molar-refractivity contribution in [3.05, 3.63) is 0 Å². The number of nitrogens with zero attached hydrogens (tertiary/aromatic N) is 1. The van der Waals surface area contributed by atoms with Crippen molar-refractivity contribution in [2.45, 2.75) is 36.9 Å². The molecule has 2 saturated heterocycles. The molecule has 0 amide bonds. The molecule has 0 saturated carbocycles. The molecule has 2 fully saturated rings. The minimum atomic E-state index is -0.823. The van der Waals surface area contributed by atoms with Gasteiger partial charge in [-0.15, -0.1) is 0 Å². The van der Waals surface area contributed by atoms with E-state index in [1.807, 2.05) is 6.92 Å². The Kier molecular flexibility index (Phi) is 3.30. The molecule has 1 N–H and O–H groups in total. The van der Waals surface area contributed by atoms with Gasteiger partial charge in [0.1, 0.15) is 0 Å². The molecule has 2 heterocycles. The third-order valence-electron chi connectivity index (χ3n) is 3.30. The van der Waals surface area contributed by atoms with E-state index in [1.165, 1.54) is 0 Å². The molecule has 16 heavy (non-hydrogen) atoms. The van der Waals surface area contributed by atoms with Gasteiger partial charge in [0.25, 0.3) is 0 Å². The second-order valence-electron chi connectivity index (χ2n) is 4.08. The van der Waals surface area contributed by atoms with Crippen LogP contribution in [0.15, 0.2) is 5.06 Å². The Hall–Kier alpha value is -0.495. The quantitative estimate of drug-likeness (QED) is 0.492. The zero-order valence-corrected chi connectivity index (χ0v) is 9.33. The third kappa shape index (κ3) is 1.50. The Morgan fingerprint density at radius 1 is 1.56 bits per heavy atom. The van der Waals surface area contributed by atoms with E-state index >= 15 is 0 Å². The van der Waals surface area contributed by atoms with E-state index in [0.717, 1.165) is 0 Å². The molecule has 0 aliphatic carbocycles. The minimum absolute atomic E-state index is 0.103. The number of fused-ring (bicyclic) bond motifs is 2. The number of methoxy groups -OCH3 is 1. The molecule has 2 bridgehead atoms. The zero-order valence-electron chi connectivity index (χ0n) is 9.33. The first-order valence-corrected chi connectivity index (χ1v) is 5.18. The Morgan fingerprint density at radius 3 is 2.88 bits per heavy atom. The van der Waals surface area contributed by atoms with Gasteiger partial charge in [0.2, 0.25) is 0 Å². The molecule has 0 spiro atoms. The normalized spacial score (nSPS) is 45.9. The second kappa shape index (κ2) is 4.41. The van der Waals surface area contributed by atoms with Crippen molar-refractivity contribution < 1.29 is 24.2 Å². The SMILES string of the molecule is [B]=NOC[C@]12O[C@@H](C)[C@H](OC1CO)[C@@H]2OC. The summed E-state index contributed by atoms with van der Waals surface area (Å²) in [7, 11) is 6.53. The maximum absolute atomic E-state index is 9.27. The van der Waals surface area contributed by atoms with Crippen LogP contribution in [0.1, 0.15) is 6.92 Å². The van der Waals surface area contributed by atoms with Crippen molar-refractivity contribution in [3.8, 4) is 0 Å². The van der Waals surface area contributed by atoms with Gasteiger partial charge < -0.3 is 0 Å². The molecule has 2 rings (SSSR count). The van der Waals surface area contributed by atoms with Crippen molar-refractivity contribution in [1.82, 2.24) is 0 Å². The van der Waals surface area contributed by atoms with Gasteiger partial charge in [-0.2, -0.15) is 0 Å². The summed E-state index contributed by atoms with van der Waals surface area (Å²) in [5, 5.41) is 12.4. The predicted octanol–water partition coefficient (Wildman–Crippen LogP) is -0.798. The Bertz CT molecular complexity index is 279. The van der Waals surface area contributed by atoms with Crippen LogP contribution in [-0.4, -0.2) is 63.1 Å². The van der Waals surface area contributed by atoms with Crippen LogP contribution in [0.2, 0.25) is 0 Å². The molecule has 0 aromatic rings. The standard InChI is InChI=1S/C9H15BNO5/c1-5-7-8(13-2)9(16-5,4-14-11-10)6(3-12)15-7/h5-8,12H,3-4H2,1-2H3/t5-,6?,7-,8-,9-/m0/s1. The first-order chi connectivity index (χ1) is 7.69. The molecule has 1 unspecified atom stereocenters. The molecule has 2 aliphatic heterocycles. The number of hydrogen-bond acceptors (Lipinski definition) is 6. The summed E-state index contributed by atoms with van der Waals surface area (Å²) in [6, 6.07) is 0. The second-order valence-corrected chi connectivity index (χ2v) is 4.08. The van der Waals surface area contributed by atoms with Gasteiger partial charge in [0.05, 0.1) is 0 Å². The summed E-state index contributed by atoms with van der Waals surface area (Å²) in [6.07, 6.45) is -1.04. The number of aliphatic hydroxyl groups is 1. The van der Waals surface area contributed by atoms with Gasteiger partial charge in [0, 0.05) is 0 Å². The van der Waals surface area contributed by atoms with Gasteiger partial charge in [-0.1, -0.05) is 0 Å². The van der Waals surface area contributed by atoms with E-state index in [0.29, 0.717) is 0 Å². The number of rotatable bonds is 5. The van der Waals surface area contributed by atoms with Crippen molar-refractivity contribution in [1.29, 1.82) is 0 Å². The number of ether oxygens (including phenoxy) is 3. The zero-order chi connectivity index (χ0) is 11.8. The molecule has 6 nitrogen and oxygen atoms in total. The van der Waals surface area contributed by atoms with E-state index in [1.54, 1.807) is 7.11 Å². The molecular formula is C9H15BNO5. The number of hydrogen-bond donors (Lipinski definition) is 1. The molecule has 0 aromatic carbocycles. The summed E-state index contributed by atoms with van der Waals surface area (Å²) in [5.41, 5.74) is -0.823. The Labute approximate surface area is 94.9 Å². The van der Waals surface area contributed by atoms with Crippen LogP contribution in [0.25, 0.3) is 0 Å². The van der Waals surface area contributed by atoms with E-state index in [4.69, 9.17) is 26.7 Å². The van der Waals surface area contributed by atoms with Crippen LogP contribution in [-0.2, 0) is 19.0 Å². The molecule has 2 aliphatic rings. The van der Waals surface area contributed by atoms with Crippen LogP contribution in [0.5, 0.6) is 0 Å². The molecular weight excluding hydrogens is 213 g/mol. The maximum atomic E-state index is 9.27. The van der Waals surface area contributed by atoms with Crippen molar-refractivity contribution in [2.24, 2.45) is 5.06 Å². The summed E-state index contributed by atoms with van der Waals surface area (Å²) >= 11 is 0.